The van der Waals surface area contributed by atoms with Crippen LogP contribution in [0.1, 0.15) is 22.2 Å². The molecule has 0 fully saturated rings. The number of hydrogen-bond donors (Lipinski definition) is 1. The summed E-state index contributed by atoms with van der Waals surface area (Å²) >= 11 is 6.91. The van der Waals surface area contributed by atoms with Crippen molar-refractivity contribution in [3.8, 4) is 0 Å². The Morgan fingerprint density at radius 1 is 1.82 bits per heavy atom. The Kier molecular flexibility index (Phi) is 2.52. The quantitative estimate of drug-likeness (QED) is 0.779. The highest BCUT2D eigenvalue weighted by atomic mass is 35.5. The maximum atomic E-state index is 10.5. The minimum absolute atomic E-state index is 0.359. The molecule has 0 unspecified atom stereocenters. The molecule has 4 heteroatoms. The van der Waals surface area contributed by atoms with Gasteiger partial charge in [-0.1, -0.05) is 18.5 Å². The van der Waals surface area contributed by atoms with Gasteiger partial charge >= 0.3 is 5.97 Å². The Morgan fingerprint density at radius 2 is 2.45 bits per heavy atom. The summed E-state index contributed by atoms with van der Waals surface area (Å²) in [6.45, 7) is 1.89. The van der Waals surface area contributed by atoms with Crippen LogP contribution in [0, 0.1) is 0 Å². The topological polar surface area (TPSA) is 37.3 Å². The third-order valence-electron chi connectivity index (χ3n) is 1.39. The van der Waals surface area contributed by atoms with Crippen molar-refractivity contribution in [2.45, 2.75) is 13.3 Å². The van der Waals surface area contributed by atoms with E-state index >= 15 is 0 Å². The second-order valence-corrected chi connectivity index (χ2v) is 3.34. The molecule has 1 rings (SSSR count). The molecule has 0 atom stereocenters. The molecule has 1 heterocycles. The predicted octanol–water partition coefficient (Wildman–Crippen LogP) is 2.66. The number of carboxylic acid groups (broad SMARTS) is 1. The van der Waals surface area contributed by atoms with Crippen LogP contribution >= 0.6 is 22.9 Å². The second-order valence-electron chi connectivity index (χ2n) is 2.05. The SMILES string of the molecule is CCc1c(Cl)csc1C(=O)O. The van der Waals surface area contributed by atoms with E-state index in [1.54, 1.807) is 5.38 Å². The Hall–Kier alpha value is -0.540. The molecule has 11 heavy (non-hydrogen) atoms. The van der Waals surface area contributed by atoms with E-state index in [1.807, 2.05) is 6.92 Å². The average molecular weight is 191 g/mol. The van der Waals surface area contributed by atoms with Crippen LogP contribution in [0.3, 0.4) is 0 Å². The fraction of sp³-hybridized carbons (Fsp3) is 0.286. The van der Waals surface area contributed by atoms with Crippen molar-refractivity contribution in [3.63, 3.8) is 0 Å². The van der Waals surface area contributed by atoms with Crippen molar-refractivity contribution in [2.24, 2.45) is 0 Å². The summed E-state index contributed by atoms with van der Waals surface area (Å²) in [5.74, 6) is -0.890. The first-order valence-corrected chi connectivity index (χ1v) is 4.41. The van der Waals surface area contributed by atoms with Crippen LogP contribution in [0.2, 0.25) is 5.02 Å². The van der Waals surface area contributed by atoms with Crippen molar-refractivity contribution in [3.05, 3.63) is 20.8 Å². The molecule has 0 aliphatic carbocycles. The van der Waals surface area contributed by atoms with E-state index in [0.29, 0.717) is 16.3 Å². The van der Waals surface area contributed by atoms with Crippen molar-refractivity contribution >= 4 is 28.9 Å². The Labute approximate surface area is 73.4 Å². The summed E-state index contributed by atoms with van der Waals surface area (Å²) in [7, 11) is 0. The molecule has 1 N–H and O–H groups in total. The molecule has 1 aromatic rings. The van der Waals surface area contributed by atoms with Crippen molar-refractivity contribution in [1.82, 2.24) is 0 Å². The van der Waals surface area contributed by atoms with Gasteiger partial charge in [-0.2, -0.15) is 0 Å². The molecule has 0 saturated carbocycles. The number of carbonyl (C=O) groups is 1. The van der Waals surface area contributed by atoms with Crippen molar-refractivity contribution < 1.29 is 9.90 Å². The van der Waals surface area contributed by atoms with E-state index in [-0.39, 0.29) is 0 Å². The van der Waals surface area contributed by atoms with Gasteiger partial charge < -0.3 is 5.11 Å². The second kappa shape index (κ2) is 3.24. The van der Waals surface area contributed by atoms with Gasteiger partial charge in [0.1, 0.15) is 4.88 Å². The Bertz CT molecular complexity index is 280. The third kappa shape index (κ3) is 1.54. The lowest BCUT2D eigenvalue weighted by atomic mass is 10.2. The lowest BCUT2D eigenvalue weighted by Gasteiger charge is -1.94. The number of rotatable bonds is 2. The van der Waals surface area contributed by atoms with Crippen LogP contribution in [-0.2, 0) is 6.42 Å². The predicted molar refractivity (Wildman–Crippen MR) is 45.7 cm³/mol. The molecular formula is C7H7ClO2S. The lowest BCUT2D eigenvalue weighted by molar-refractivity contribution is 0.0701. The standard InChI is InChI=1S/C7H7ClO2S/c1-2-4-5(8)3-11-6(4)7(9)10/h3H,2H2,1H3,(H,9,10). The third-order valence-corrected chi connectivity index (χ3v) is 2.87. The number of carboxylic acids is 1. The highest BCUT2D eigenvalue weighted by molar-refractivity contribution is 7.12. The zero-order valence-corrected chi connectivity index (χ0v) is 7.50. The molecule has 0 aliphatic heterocycles. The van der Waals surface area contributed by atoms with E-state index in [4.69, 9.17) is 16.7 Å². The van der Waals surface area contributed by atoms with Crippen molar-refractivity contribution in [2.75, 3.05) is 0 Å². The zero-order chi connectivity index (χ0) is 8.43. The van der Waals surface area contributed by atoms with Crippen LogP contribution in [0.25, 0.3) is 0 Å². The maximum Gasteiger partial charge on any atom is 0.346 e. The Morgan fingerprint density at radius 3 is 2.82 bits per heavy atom. The molecule has 0 radical (unpaired) electrons. The molecule has 0 amide bonds. The molecule has 0 saturated heterocycles. The summed E-state index contributed by atoms with van der Waals surface area (Å²) in [5.41, 5.74) is 0.740. The van der Waals surface area contributed by atoms with Crippen LogP contribution in [-0.4, -0.2) is 11.1 Å². The maximum absolute atomic E-state index is 10.5. The zero-order valence-electron chi connectivity index (χ0n) is 5.93. The number of halogens is 1. The molecule has 0 aliphatic rings. The van der Waals surface area contributed by atoms with E-state index < -0.39 is 5.97 Å². The average Bonchev–Trinajstić information content (AvgIpc) is 2.30. The van der Waals surface area contributed by atoms with Gasteiger partial charge in [-0.15, -0.1) is 11.3 Å². The first kappa shape index (κ1) is 8.56. The molecule has 0 aromatic carbocycles. The molecular weight excluding hydrogens is 184 g/mol. The van der Waals surface area contributed by atoms with Crippen LogP contribution in [0.15, 0.2) is 5.38 Å². The van der Waals surface area contributed by atoms with E-state index in [9.17, 15) is 4.79 Å². The van der Waals surface area contributed by atoms with Gasteiger partial charge in [0.15, 0.2) is 0 Å². The molecule has 1 aromatic heterocycles. The van der Waals surface area contributed by atoms with Crippen LogP contribution in [0.4, 0.5) is 0 Å². The lowest BCUT2D eigenvalue weighted by Crippen LogP contribution is -1.96. The fourth-order valence-electron chi connectivity index (χ4n) is 0.870. The highest BCUT2D eigenvalue weighted by Crippen LogP contribution is 2.27. The summed E-state index contributed by atoms with van der Waals surface area (Å²) in [5, 5.41) is 10.9. The molecule has 60 valence electrons. The van der Waals surface area contributed by atoms with Gasteiger partial charge in [0, 0.05) is 5.38 Å². The molecule has 0 bridgehead atoms. The number of hydrogen-bond acceptors (Lipinski definition) is 2. The minimum atomic E-state index is -0.890. The van der Waals surface area contributed by atoms with E-state index in [1.165, 1.54) is 11.3 Å². The largest absolute Gasteiger partial charge is 0.477 e. The number of thiophene rings is 1. The monoisotopic (exact) mass is 190 g/mol. The van der Waals surface area contributed by atoms with Gasteiger partial charge in [0.05, 0.1) is 5.02 Å². The van der Waals surface area contributed by atoms with Gasteiger partial charge in [-0.3, -0.25) is 0 Å². The van der Waals surface area contributed by atoms with Gasteiger partial charge in [0.2, 0.25) is 0 Å². The first-order chi connectivity index (χ1) is 5.16. The van der Waals surface area contributed by atoms with Crippen LogP contribution < -0.4 is 0 Å². The summed E-state index contributed by atoms with van der Waals surface area (Å²) in [4.78, 5) is 10.9. The minimum Gasteiger partial charge on any atom is -0.477 e. The van der Waals surface area contributed by atoms with E-state index in [2.05, 4.69) is 0 Å². The smallest absolute Gasteiger partial charge is 0.346 e. The first-order valence-electron chi connectivity index (χ1n) is 3.16. The van der Waals surface area contributed by atoms with Gasteiger partial charge in [-0.25, -0.2) is 4.79 Å². The highest BCUT2D eigenvalue weighted by Gasteiger charge is 2.13. The van der Waals surface area contributed by atoms with E-state index in [0.717, 1.165) is 5.56 Å². The van der Waals surface area contributed by atoms with Crippen LogP contribution in [0.5, 0.6) is 0 Å². The summed E-state index contributed by atoms with van der Waals surface area (Å²) < 4.78 is 0. The fourth-order valence-corrected chi connectivity index (χ4v) is 2.15. The number of aromatic carboxylic acids is 1. The molecule has 2 nitrogen and oxygen atoms in total. The Balaban J connectivity index is 3.15. The summed E-state index contributed by atoms with van der Waals surface area (Å²) in [6, 6.07) is 0. The van der Waals surface area contributed by atoms with Crippen molar-refractivity contribution in [1.29, 1.82) is 0 Å². The normalized spacial score (nSPS) is 10.0. The van der Waals surface area contributed by atoms with Gasteiger partial charge in [0.25, 0.3) is 0 Å². The molecule has 0 spiro atoms. The summed E-state index contributed by atoms with van der Waals surface area (Å²) in [6.07, 6.45) is 0.671. The van der Waals surface area contributed by atoms with Gasteiger partial charge in [-0.05, 0) is 12.0 Å².